The van der Waals surface area contributed by atoms with E-state index >= 15 is 0 Å². The van der Waals surface area contributed by atoms with E-state index in [1.165, 1.54) is 11.1 Å². The average Bonchev–Trinajstić information content (AvgIpc) is 2.81. The summed E-state index contributed by atoms with van der Waals surface area (Å²) in [5.74, 6) is -0.333. The van der Waals surface area contributed by atoms with Gasteiger partial charge in [-0.2, -0.15) is 8.42 Å². The standard InChI is InChI=1S/C26H36O6S/c1-3-22(24-13-8-5-9-14-24)20-25(19-21(2)23-11-6-4-7-12-23)26(27)32-17-16-31-15-10-18-33(28,29)30/h4-9,11-14,21-22,25H,3,10,15-20H2,1-2H3,(H,28,29,30). The van der Waals surface area contributed by atoms with Crippen molar-refractivity contribution in [3.63, 3.8) is 0 Å². The predicted molar refractivity (Wildman–Crippen MR) is 130 cm³/mol. The number of carbonyl (C=O) groups excluding carboxylic acids is 1. The molecule has 0 spiro atoms. The number of hydrogen-bond donors (Lipinski definition) is 1. The molecule has 0 bridgehead atoms. The third-order valence-corrected chi connectivity index (χ3v) is 6.64. The second-order valence-corrected chi connectivity index (χ2v) is 9.99. The Labute approximate surface area is 198 Å². The normalized spacial score (nSPS) is 14.4. The summed E-state index contributed by atoms with van der Waals surface area (Å²) in [5.41, 5.74) is 2.43. The molecule has 0 saturated heterocycles. The van der Waals surface area contributed by atoms with E-state index in [4.69, 9.17) is 14.0 Å². The Morgan fingerprint density at radius 3 is 2.09 bits per heavy atom. The molecule has 0 heterocycles. The molecule has 0 radical (unpaired) electrons. The number of esters is 1. The van der Waals surface area contributed by atoms with Crippen molar-refractivity contribution in [3.05, 3.63) is 71.8 Å². The van der Waals surface area contributed by atoms with E-state index in [2.05, 4.69) is 38.1 Å². The minimum atomic E-state index is -3.98. The molecule has 33 heavy (non-hydrogen) atoms. The van der Waals surface area contributed by atoms with E-state index in [9.17, 15) is 13.2 Å². The van der Waals surface area contributed by atoms with Crippen LogP contribution in [-0.4, -0.2) is 44.5 Å². The van der Waals surface area contributed by atoms with Crippen molar-refractivity contribution in [2.24, 2.45) is 5.92 Å². The second-order valence-electron chi connectivity index (χ2n) is 8.42. The summed E-state index contributed by atoms with van der Waals surface area (Å²) in [6.07, 6.45) is 2.54. The Kier molecular flexibility index (Phi) is 11.6. The highest BCUT2D eigenvalue weighted by Gasteiger charge is 2.27. The number of ether oxygens (including phenoxy) is 2. The van der Waals surface area contributed by atoms with Gasteiger partial charge >= 0.3 is 5.97 Å². The molecule has 2 aromatic carbocycles. The zero-order chi connectivity index (χ0) is 24.1. The van der Waals surface area contributed by atoms with Gasteiger partial charge in [0.25, 0.3) is 10.1 Å². The van der Waals surface area contributed by atoms with Crippen LogP contribution >= 0.6 is 0 Å². The lowest BCUT2D eigenvalue weighted by molar-refractivity contribution is -0.151. The molecule has 0 amide bonds. The van der Waals surface area contributed by atoms with Crippen molar-refractivity contribution >= 4 is 16.1 Å². The van der Waals surface area contributed by atoms with Gasteiger partial charge in [0.05, 0.1) is 18.3 Å². The maximum atomic E-state index is 13.0. The van der Waals surface area contributed by atoms with Gasteiger partial charge in [0.1, 0.15) is 6.61 Å². The van der Waals surface area contributed by atoms with Gasteiger partial charge in [0.2, 0.25) is 0 Å². The molecular formula is C26H36O6S. The molecule has 2 aromatic rings. The van der Waals surface area contributed by atoms with Crippen molar-refractivity contribution in [1.82, 2.24) is 0 Å². The fourth-order valence-corrected chi connectivity index (χ4v) is 4.49. The zero-order valence-electron chi connectivity index (χ0n) is 19.6. The Morgan fingerprint density at radius 1 is 0.909 bits per heavy atom. The van der Waals surface area contributed by atoms with Crippen molar-refractivity contribution in [1.29, 1.82) is 0 Å². The van der Waals surface area contributed by atoms with Crippen LogP contribution in [0.3, 0.4) is 0 Å². The molecule has 7 heteroatoms. The summed E-state index contributed by atoms with van der Waals surface area (Å²) in [5, 5.41) is 0. The van der Waals surface area contributed by atoms with Crippen LogP contribution in [0.1, 0.15) is 62.5 Å². The summed E-state index contributed by atoms with van der Waals surface area (Å²) >= 11 is 0. The molecule has 0 aromatic heterocycles. The molecule has 0 aliphatic rings. The Hall–Kier alpha value is -2.22. The summed E-state index contributed by atoms with van der Waals surface area (Å²) in [6.45, 7) is 4.76. The maximum absolute atomic E-state index is 13.0. The van der Waals surface area contributed by atoms with E-state index in [1.807, 2.05) is 36.4 Å². The van der Waals surface area contributed by atoms with E-state index in [0.29, 0.717) is 12.8 Å². The minimum Gasteiger partial charge on any atom is -0.463 e. The van der Waals surface area contributed by atoms with Crippen LogP contribution in [0.15, 0.2) is 60.7 Å². The van der Waals surface area contributed by atoms with E-state index in [-0.39, 0.29) is 55.7 Å². The molecule has 0 aliphatic heterocycles. The van der Waals surface area contributed by atoms with Crippen LogP contribution in [0.2, 0.25) is 0 Å². The molecular weight excluding hydrogens is 440 g/mol. The van der Waals surface area contributed by atoms with Crippen LogP contribution in [0, 0.1) is 5.92 Å². The predicted octanol–water partition coefficient (Wildman–Crippen LogP) is 5.22. The lowest BCUT2D eigenvalue weighted by Gasteiger charge is -2.25. The van der Waals surface area contributed by atoms with Gasteiger partial charge in [-0.15, -0.1) is 0 Å². The second kappa shape index (κ2) is 14.1. The Morgan fingerprint density at radius 2 is 1.52 bits per heavy atom. The quantitative estimate of drug-likeness (QED) is 0.215. The highest BCUT2D eigenvalue weighted by molar-refractivity contribution is 7.85. The topological polar surface area (TPSA) is 89.9 Å². The van der Waals surface area contributed by atoms with Crippen molar-refractivity contribution in [2.45, 2.75) is 51.4 Å². The monoisotopic (exact) mass is 476 g/mol. The highest BCUT2D eigenvalue weighted by Crippen LogP contribution is 2.33. The van der Waals surface area contributed by atoms with Gasteiger partial charge in [0.15, 0.2) is 0 Å². The Bertz CT molecular complexity index is 914. The number of hydrogen-bond acceptors (Lipinski definition) is 5. The van der Waals surface area contributed by atoms with Gasteiger partial charge in [-0.25, -0.2) is 0 Å². The van der Waals surface area contributed by atoms with Gasteiger partial charge in [0, 0.05) is 6.61 Å². The summed E-state index contributed by atoms with van der Waals surface area (Å²) in [7, 11) is -3.98. The zero-order valence-corrected chi connectivity index (χ0v) is 20.4. The van der Waals surface area contributed by atoms with E-state index in [0.717, 1.165) is 6.42 Å². The van der Waals surface area contributed by atoms with Crippen LogP contribution in [-0.2, 0) is 24.4 Å². The van der Waals surface area contributed by atoms with E-state index in [1.54, 1.807) is 0 Å². The smallest absolute Gasteiger partial charge is 0.309 e. The van der Waals surface area contributed by atoms with Crippen molar-refractivity contribution in [3.8, 4) is 0 Å². The molecule has 1 N–H and O–H groups in total. The first-order valence-corrected chi connectivity index (χ1v) is 13.2. The van der Waals surface area contributed by atoms with Gasteiger partial charge < -0.3 is 9.47 Å². The molecule has 0 fully saturated rings. The third-order valence-electron chi connectivity index (χ3n) is 5.84. The molecule has 0 aliphatic carbocycles. The maximum Gasteiger partial charge on any atom is 0.309 e. The molecule has 182 valence electrons. The largest absolute Gasteiger partial charge is 0.463 e. The van der Waals surface area contributed by atoms with Crippen molar-refractivity contribution < 1.29 is 27.2 Å². The van der Waals surface area contributed by atoms with Crippen molar-refractivity contribution in [2.75, 3.05) is 25.6 Å². The highest BCUT2D eigenvalue weighted by atomic mass is 32.2. The van der Waals surface area contributed by atoms with Crippen LogP contribution in [0.5, 0.6) is 0 Å². The first kappa shape index (κ1) is 27.0. The summed E-state index contributed by atoms with van der Waals surface area (Å²) in [4.78, 5) is 13.0. The first-order valence-electron chi connectivity index (χ1n) is 11.6. The lowest BCUT2D eigenvalue weighted by Crippen LogP contribution is -2.24. The average molecular weight is 477 g/mol. The molecule has 6 nitrogen and oxygen atoms in total. The number of rotatable bonds is 15. The molecule has 2 rings (SSSR count). The molecule has 3 unspecified atom stereocenters. The fourth-order valence-electron chi connectivity index (χ4n) is 4.00. The van der Waals surface area contributed by atoms with Gasteiger partial charge in [-0.1, -0.05) is 74.5 Å². The summed E-state index contributed by atoms with van der Waals surface area (Å²) in [6, 6.07) is 20.4. The lowest BCUT2D eigenvalue weighted by atomic mass is 9.81. The minimum absolute atomic E-state index is 0.114. The van der Waals surface area contributed by atoms with Gasteiger partial charge in [-0.3, -0.25) is 9.35 Å². The molecule has 0 saturated carbocycles. The third kappa shape index (κ3) is 10.5. The summed E-state index contributed by atoms with van der Waals surface area (Å²) < 4.78 is 41.0. The van der Waals surface area contributed by atoms with E-state index < -0.39 is 10.1 Å². The van der Waals surface area contributed by atoms with Gasteiger partial charge in [-0.05, 0) is 48.6 Å². The first-order chi connectivity index (χ1) is 15.8. The number of carbonyl (C=O) groups is 1. The fraction of sp³-hybridized carbons (Fsp3) is 0.500. The van der Waals surface area contributed by atoms with Crippen LogP contribution in [0.4, 0.5) is 0 Å². The SMILES string of the molecule is CCC(CC(CC(C)c1ccccc1)C(=O)OCCOCCCS(=O)(=O)O)c1ccccc1. The molecule has 3 atom stereocenters. The Balaban J connectivity index is 1.95. The number of benzene rings is 2. The van der Waals surface area contributed by atoms with Crippen LogP contribution in [0.25, 0.3) is 0 Å². The van der Waals surface area contributed by atoms with Crippen LogP contribution < -0.4 is 0 Å².